The van der Waals surface area contributed by atoms with Gasteiger partial charge in [-0.1, -0.05) is 91.0 Å². The van der Waals surface area contributed by atoms with E-state index in [-0.39, 0.29) is 0 Å². The molecule has 176 valence electrons. The van der Waals surface area contributed by atoms with Gasteiger partial charge in [0.15, 0.2) is 0 Å². The van der Waals surface area contributed by atoms with Gasteiger partial charge in [0, 0.05) is 38.7 Å². The summed E-state index contributed by atoms with van der Waals surface area (Å²) in [4.78, 5) is 0. The van der Waals surface area contributed by atoms with Crippen LogP contribution in [0.5, 0.6) is 0 Å². The van der Waals surface area contributed by atoms with Crippen molar-refractivity contribution in [3.63, 3.8) is 0 Å². The minimum atomic E-state index is 1.18. The second-order valence-electron chi connectivity index (χ2n) is 10.2. The summed E-state index contributed by atoms with van der Waals surface area (Å²) in [6.07, 6.45) is 0. The molecule has 0 N–H and O–H groups in total. The van der Waals surface area contributed by atoms with Crippen molar-refractivity contribution in [2.75, 3.05) is 0 Å². The van der Waals surface area contributed by atoms with Gasteiger partial charge in [-0.15, -0.1) is 0 Å². The quantitative estimate of drug-likeness (QED) is 0.232. The fraction of sp³-hybridized carbons (Fsp3) is 0. The summed E-state index contributed by atoms with van der Waals surface area (Å²) in [5, 5.41) is 6.50. The first kappa shape index (κ1) is 20.0. The first-order valence-corrected chi connectivity index (χ1v) is 13.1. The van der Waals surface area contributed by atoms with Crippen LogP contribution in [0.15, 0.2) is 133 Å². The largest absolute Gasteiger partial charge is 0.309 e. The van der Waals surface area contributed by atoms with Gasteiger partial charge in [-0.25, -0.2) is 0 Å². The van der Waals surface area contributed by atoms with Crippen molar-refractivity contribution in [3.8, 4) is 33.8 Å². The Morgan fingerprint density at radius 2 is 1.05 bits per heavy atom. The number of rotatable bonds is 2. The van der Waals surface area contributed by atoms with Crippen molar-refractivity contribution in [1.29, 1.82) is 0 Å². The number of para-hydroxylation sites is 3. The molecule has 0 atom stereocenters. The van der Waals surface area contributed by atoms with Crippen molar-refractivity contribution in [1.82, 2.24) is 9.13 Å². The number of fused-ring (bicyclic) bond motifs is 8. The molecule has 6 aromatic carbocycles. The summed E-state index contributed by atoms with van der Waals surface area (Å²) in [5.41, 5.74) is 11.4. The van der Waals surface area contributed by atoms with Crippen LogP contribution < -0.4 is 0 Å². The molecule has 8 aromatic rings. The molecule has 1 aliphatic carbocycles. The van der Waals surface area contributed by atoms with E-state index in [1.54, 1.807) is 0 Å². The number of aromatic nitrogens is 2. The van der Waals surface area contributed by atoms with Gasteiger partial charge in [0.25, 0.3) is 0 Å². The van der Waals surface area contributed by atoms with E-state index in [2.05, 4.69) is 143 Å². The summed E-state index contributed by atoms with van der Waals surface area (Å²) in [5.74, 6) is 0. The number of nitrogens with zero attached hydrogens (tertiary/aromatic N) is 2. The van der Waals surface area contributed by atoms with Gasteiger partial charge in [-0.2, -0.15) is 0 Å². The van der Waals surface area contributed by atoms with Gasteiger partial charge >= 0.3 is 0 Å². The molecule has 2 aromatic heterocycles. The second-order valence-corrected chi connectivity index (χ2v) is 10.2. The van der Waals surface area contributed by atoms with Crippen LogP contribution in [0.1, 0.15) is 0 Å². The fourth-order valence-electron chi connectivity index (χ4n) is 6.74. The topological polar surface area (TPSA) is 9.86 Å². The normalized spacial score (nSPS) is 12.2. The molecule has 2 heterocycles. The highest BCUT2D eigenvalue weighted by Gasteiger charge is 2.29. The Balaban J connectivity index is 1.40. The number of benzene rings is 6. The molecule has 0 fully saturated rings. The molecule has 2 nitrogen and oxygen atoms in total. The van der Waals surface area contributed by atoms with Crippen LogP contribution in [0.2, 0.25) is 0 Å². The van der Waals surface area contributed by atoms with Crippen LogP contribution in [-0.2, 0) is 0 Å². The molecule has 0 saturated heterocycles. The van der Waals surface area contributed by atoms with E-state index in [9.17, 15) is 0 Å². The minimum Gasteiger partial charge on any atom is -0.309 e. The Hall–Kier alpha value is -5.08. The molecule has 0 saturated carbocycles. The maximum Gasteiger partial charge on any atom is 0.0626 e. The van der Waals surface area contributed by atoms with Crippen molar-refractivity contribution in [2.45, 2.75) is 0 Å². The fourth-order valence-corrected chi connectivity index (χ4v) is 6.74. The van der Waals surface area contributed by atoms with E-state index >= 15 is 0 Å². The average Bonchev–Trinajstić information content (AvgIpc) is 3.61. The lowest BCUT2D eigenvalue weighted by molar-refractivity contribution is 1.14. The van der Waals surface area contributed by atoms with Crippen LogP contribution in [-0.4, -0.2) is 9.13 Å². The number of hydrogen-bond acceptors (Lipinski definition) is 0. The lowest BCUT2D eigenvalue weighted by atomic mass is 10.0. The highest BCUT2D eigenvalue weighted by molar-refractivity contribution is 6.22. The summed E-state index contributed by atoms with van der Waals surface area (Å²) in [7, 11) is 0. The molecule has 0 amide bonds. The van der Waals surface area contributed by atoms with Gasteiger partial charge in [0.1, 0.15) is 0 Å². The predicted octanol–water partition coefficient (Wildman–Crippen LogP) is 9.53. The highest BCUT2D eigenvalue weighted by atomic mass is 15.0. The van der Waals surface area contributed by atoms with Crippen molar-refractivity contribution in [3.05, 3.63) is 133 Å². The summed E-state index contributed by atoms with van der Waals surface area (Å²) < 4.78 is 4.86. The third-order valence-corrected chi connectivity index (χ3v) is 8.23. The minimum absolute atomic E-state index is 1.18. The molecule has 9 rings (SSSR count). The standard InChI is InChI=1S/C36H22N2/c1-2-12-24(13-3-1)37-31-18-6-4-14-26(31)30-22-25(20-21-33(30)37)38-32-19-7-5-15-27(32)35-28-16-8-10-23-11-9-17-29(34(23)28)36(35)38/h1-22H. The van der Waals surface area contributed by atoms with E-state index in [1.807, 2.05) is 0 Å². The van der Waals surface area contributed by atoms with Gasteiger partial charge in [-0.3, -0.25) is 0 Å². The molecule has 0 unspecified atom stereocenters. The van der Waals surface area contributed by atoms with Crippen molar-refractivity contribution < 1.29 is 0 Å². The third kappa shape index (κ3) is 2.47. The Morgan fingerprint density at radius 3 is 1.87 bits per heavy atom. The Bertz CT molecular complexity index is 2220. The first-order chi connectivity index (χ1) is 18.9. The van der Waals surface area contributed by atoms with Crippen LogP contribution in [0.3, 0.4) is 0 Å². The second kappa shape index (κ2) is 7.24. The molecule has 1 aliphatic rings. The average molecular weight is 483 g/mol. The zero-order valence-electron chi connectivity index (χ0n) is 20.6. The van der Waals surface area contributed by atoms with Crippen molar-refractivity contribution >= 4 is 43.5 Å². The van der Waals surface area contributed by atoms with Crippen molar-refractivity contribution in [2.24, 2.45) is 0 Å². The molecule has 2 heteroatoms. The third-order valence-electron chi connectivity index (χ3n) is 8.23. The zero-order chi connectivity index (χ0) is 24.8. The molecular weight excluding hydrogens is 460 g/mol. The maximum atomic E-state index is 2.48. The van der Waals surface area contributed by atoms with Crippen LogP contribution in [0.25, 0.3) is 77.2 Å². The van der Waals surface area contributed by atoms with Gasteiger partial charge in [0.05, 0.1) is 22.2 Å². The van der Waals surface area contributed by atoms with E-state index in [1.165, 1.54) is 77.2 Å². The predicted molar refractivity (Wildman–Crippen MR) is 160 cm³/mol. The van der Waals surface area contributed by atoms with Gasteiger partial charge in [-0.05, 0) is 58.8 Å². The lowest BCUT2D eigenvalue weighted by Crippen LogP contribution is -1.97. The smallest absolute Gasteiger partial charge is 0.0626 e. The Morgan fingerprint density at radius 1 is 0.395 bits per heavy atom. The molecular formula is C36H22N2. The monoisotopic (exact) mass is 482 g/mol. The molecule has 0 aliphatic heterocycles. The highest BCUT2D eigenvalue weighted by Crippen LogP contribution is 2.52. The van der Waals surface area contributed by atoms with E-state index < -0.39 is 0 Å². The van der Waals surface area contributed by atoms with Gasteiger partial charge in [0.2, 0.25) is 0 Å². The van der Waals surface area contributed by atoms with Crippen LogP contribution >= 0.6 is 0 Å². The molecule has 0 bridgehead atoms. The van der Waals surface area contributed by atoms with E-state index in [0.29, 0.717) is 0 Å². The lowest BCUT2D eigenvalue weighted by Gasteiger charge is -2.13. The molecule has 0 radical (unpaired) electrons. The summed E-state index contributed by atoms with van der Waals surface area (Å²) >= 11 is 0. The molecule has 38 heavy (non-hydrogen) atoms. The zero-order valence-corrected chi connectivity index (χ0v) is 20.6. The SMILES string of the molecule is c1ccc(-n2c3ccccc3c3cc(-n4c5c(c6ccccc64)-c4cccc6cccc-5c46)ccc32)cc1. The van der Waals surface area contributed by atoms with E-state index in [4.69, 9.17) is 0 Å². The summed E-state index contributed by atoms with van der Waals surface area (Å²) in [6, 6.07) is 48.6. The molecule has 0 spiro atoms. The summed E-state index contributed by atoms with van der Waals surface area (Å²) in [6.45, 7) is 0. The van der Waals surface area contributed by atoms with E-state index in [0.717, 1.165) is 0 Å². The number of hydrogen-bond donors (Lipinski definition) is 0. The Labute approximate surface area is 219 Å². The van der Waals surface area contributed by atoms with Gasteiger partial charge < -0.3 is 9.13 Å². The van der Waals surface area contributed by atoms with Crippen LogP contribution in [0, 0.1) is 0 Å². The maximum absolute atomic E-state index is 2.48. The Kier molecular flexibility index (Phi) is 3.82. The van der Waals surface area contributed by atoms with Crippen LogP contribution in [0.4, 0.5) is 0 Å². The first-order valence-electron chi connectivity index (χ1n) is 13.1.